The van der Waals surface area contributed by atoms with Gasteiger partial charge in [0, 0.05) is 31.0 Å². The molecule has 0 aromatic heterocycles. The van der Waals surface area contributed by atoms with Gasteiger partial charge in [0.05, 0.1) is 6.10 Å². The first-order valence-corrected chi connectivity index (χ1v) is 13.0. The number of allylic oxidation sites excluding steroid dienone is 3. The van der Waals surface area contributed by atoms with Gasteiger partial charge in [-0.2, -0.15) is 0 Å². The van der Waals surface area contributed by atoms with Crippen LogP contribution >= 0.6 is 0 Å². The summed E-state index contributed by atoms with van der Waals surface area (Å²) in [6, 6.07) is 21.2. The highest BCUT2D eigenvalue weighted by atomic mass is 16.5. The molecule has 0 saturated heterocycles. The summed E-state index contributed by atoms with van der Waals surface area (Å²) in [6.45, 7) is 5.97. The van der Waals surface area contributed by atoms with Crippen molar-refractivity contribution in [2.24, 2.45) is 11.3 Å². The summed E-state index contributed by atoms with van der Waals surface area (Å²) in [5.74, 6) is -0.572. The Labute approximate surface area is 209 Å². The van der Waals surface area contributed by atoms with Crippen LogP contribution in [0.2, 0.25) is 0 Å². The van der Waals surface area contributed by atoms with Crippen LogP contribution in [0, 0.1) is 11.3 Å². The topological polar surface area (TPSA) is 66.8 Å². The molecule has 2 aromatic rings. The number of ether oxygens (including phenoxy) is 1. The van der Waals surface area contributed by atoms with Gasteiger partial charge in [0.15, 0.2) is 0 Å². The molecule has 3 atom stereocenters. The molecule has 186 valence electrons. The summed E-state index contributed by atoms with van der Waals surface area (Å²) in [5, 5.41) is 19.8. The Morgan fingerprint density at radius 1 is 0.971 bits per heavy atom. The number of carbonyl (C=O) groups is 1. The summed E-state index contributed by atoms with van der Waals surface area (Å²) >= 11 is 0. The lowest BCUT2D eigenvalue weighted by Gasteiger charge is -2.37. The van der Waals surface area contributed by atoms with Gasteiger partial charge in [-0.05, 0) is 73.6 Å². The standard InChI is InChI=1S/C31H38O4/c1-23(24-12-4-2-5-13-24)31-19-18-28(32)27(31)22-26(30(31)25-14-6-3-7-15-25)16-8-10-20-35-21-11-9-17-29(33)34/h2-7,12-15,27-28,32H,1,8-11,16-22H2,(H,33,34). The molecule has 4 heteroatoms. The number of carboxylic acid groups (broad SMARTS) is 1. The maximum atomic E-state index is 11.1. The molecule has 0 heterocycles. The maximum Gasteiger partial charge on any atom is 0.303 e. The Balaban J connectivity index is 1.50. The second-order valence-corrected chi connectivity index (χ2v) is 10.00. The number of benzene rings is 2. The molecule has 2 N–H and O–H groups in total. The average Bonchev–Trinajstić information content (AvgIpc) is 3.38. The van der Waals surface area contributed by atoms with Gasteiger partial charge in [0.1, 0.15) is 0 Å². The Hall–Kier alpha value is -2.69. The van der Waals surface area contributed by atoms with Crippen LogP contribution in [0.3, 0.4) is 0 Å². The number of aliphatic hydroxyl groups excluding tert-OH is 1. The highest BCUT2D eigenvalue weighted by Gasteiger charge is 2.56. The van der Waals surface area contributed by atoms with Crippen molar-refractivity contribution in [3.05, 3.63) is 83.9 Å². The van der Waals surface area contributed by atoms with Gasteiger partial charge in [-0.15, -0.1) is 0 Å². The minimum atomic E-state index is -0.744. The fourth-order valence-corrected chi connectivity index (χ4v) is 6.24. The minimum Gasteiger partial charge on any atom is -0.481 e. The fourth-order valence-electron chi connectivity index (χ4n) is 6.24. The molecule has 0 spiro atoms. The SMILES string of the molecule is C=C(c1ccccc1)C12CCC(O)C1CC(CCCCOCCCCC(=O)O)=C2c1ccccc1. The average molecular weight is 475 g/mol. The first kappa shape index (κ1) is 25.4. The minimum absolute atomic E-state index is 0.172. The molecule has 0 aliphatic heterocycles. The summed E-state index contributed by atoms with van der Waals surface area (Å²) < 4.78 is 5.74. The lowest BCUT2D eigenvalue weighted by atomic mass is 9.66. The predicted molar refractivity (Wildman–Crippen MR) is 141 cm³/mol. The molecule has 1 saturated carbocycles. The predicted octanol–water partition coefficient (Wildman–Crippen LogP) is 6.76. The van der Waals surface area contributed by atoms with Crippen molar-refractivity contribution in [1.29, 1.82) is 0 Å². The van der Waals surface area contributed by atoms with Gasteiger partial charge in [0.2, 0.25) is 0 Å². The molecule has 0 radical (unpaired) electrons. The summed E-state index contributed by atoms with van der Waals surface area (Å²) in [7, 11) is 0. The van der Waals surface area contributed by atoms with E-state index in [0.717, 1.165) is 56.1 Å². The van der Waals surface area contributed by atoms with E-state index in [9.17, 15) is 9.90 Å². The van der Waals surface area contributed by atoms with Crippen molar-refractivity contribution in [2.75, 3.05) is 13.2 Å². The molecule has 3 unspecified atom stereocenters. The van der Waals surface area contributed by atoms with Crippen molar-refractivity contribution < 1.29 is 19.7 Å². The van der Waals surface area contributed by atoms with E-state index in [4.69, 9.17) is 9.84 Å². The normalized spacial score (nSPS) is 23.5. The fraction of sp³-hybridized carbons (Fsp3) is 0.452. The molecule has 4 nitrogen and oxygen atoms in total. The molecular weight excluding hydrogens is 436 g/mol. The molecule has 2 aromatic carbocycles. The van der Waals surface area contributed by atoms with Crippen molar-refractivity contribution in [3.8, 4) is 0 Å². The second kappa shape index (κ2) is 11.8. The zero-order valence-electron chi connectivity index (χ0n) is 20.6. The van der Waals surface area contributed by atoms with E-state index < -0.39 is 5.97 Å². The number of aliphatic carboxylic acids is 1. The molecule has 0 amide bonds. The van der Waals surface area contributed by atoms with Gasteiger partial charge in [0.25, 0.3) is 0 Å². The number of unbranched alkanes of at least 4 members (excludes halogenated alkanes) is 2. The van der Waals surface area contributed by atoms with Gasteiger partial charge in [-0.3, -0.25) is 4.79 Å². The van der Waals surface area contributed by atoms with Gasteiger partial charge in [-0.25, -0.2) is 0 Å². The number of hydrogen-bond donors (Lipinski definition) is 2. The van der Waals surface area contributed by atoms with Crippen molar-refractivity contribution in [1.82, 2.24) is 0 Å². The lowest BCUT2D eigenvalue weighted by molar-refractivity contribution is -0.137. The third-order valence-corrected chi connectivity index (χ3v) is 7.87. The monoisotopic (exact) mass is 474 g/mol. The van der Waals surface area contributed by atoms with Crippen molar-refractivity contribution in [2.45, 2.75) is 63.9 Å². The molecule has 0 bridgehead atoms. The second-order valence-electron chi connectivity index (χ2n) is 10.00. The molecule has 4 rings (SSSR count). The zero-order chi connectivity index (χ0) is 24.7. The molecular formula is C31H38O4. The number of aliphatic hydroxyl groups is 1. The number of hydrogen-bond acceptors (Lipinski definition) is 3. The van der Waals surface area contributed by atoms with Crippen LogP contribution in [0.4, 0.5) is 0 Å². The van der Waals surface area contributed by atoms with Gasteiger partial charge in [-0.1, -0.05) is 72.8 Å². The van der Waals surface area contributed by atoms with Crippen molar-refractivity contribution >= 4 is 17.1 Å². The lowest BCUT2D eigenvalue weighted by Crippen LogP contribution is -2.29. The third-order valence-electron chi connectivity index (χ3n) is 7.87. The Morgan fingerprint density at radius 3 is 2.31 bits per heavy atom. The zero-order valence-corrected chi connectivity index (χ0v) is 20.6. The van der Waals surface area contributed by atoms with Crippen LogP contribution in [0.5, 0.6) is 0 Å². The smallest absolute Gasteiger partial charge is 0.303 e. The van der Waals surface area contributed by atoms with E-state index >= 15 is 0 Å². The number of fused-ring (bicyclic) bond motifs is 1. The van der Waals surface area contributed by atoms with Crippen LogP contribution in [0.25, 0.3) is 11.1 Å². The van der Waals surface area contributed by atoms with Crippen LogP contribution in [-0.4, -0.2) is 35.5 Å². The Kier molecular flexibility index (Phi) is 8.59. The highest BCUT2D eigenvalue weighted by Crippen LogP contribution is 2.66. The van der Waals surface area contributed by atoms with E-state index in [-0.39, 0.29) is 23.9 Å². The van der Waals surface area contributed by atoms with E-state index in [1.54, 1.807) is 0 Å². The molecule has 2 aliphatic carbocycles. The maximum absolute atomic E-state index is 11.1. The van der Waals surface area contributed by atoms with Crippen molar-refractivity contribution in [3.63, 3.8) is 0 Å². The van der Waals surface area contributed by atoms with Crippen LogP contribution < -0.4 is 0 Å². The van der Waals surface area contributed by atoms with E-state index in [2.05, 4.69) is 61.2 Å². The molecule has 1 fully saturated rings. The molecule has 35 heavy (non-hydrogen) atoms. The van der Waals surface area contributed by atoms with Crippen LogP contribution in [0.1, 0.15) is 68.9 Å². The third kappa shape index (κ3) is 5.60. The van der Waals surface area contributed by atoms with Crippen LogP contribution in [-0.2, 0) is 9.53 Å². The quantitative estimate of drug-likeness (QED) is 0.315. The van der Waals surface area contributed by atoms with E-state index in [0.29, 0.717) is 19.6 Å². The van der Waals surface area contributed by atoms with Gasteiger partial charge >= 0.3 is 5.97 Å². The van der Waals surface area contributed by atoms with E-state index in [1.165, 1.54) is 16.7 Å². The largest absolute Gasteiger partial charge is 0.481 e. The van der Waals surface area contributed by atoms with E-state index in [1.807, 2.05) is 6.07 Å². The summed E-state index contributed by atoms with van der Waals surface area (Å²) in [4.78, 5) is 10.6. The van der Waals surface area contributed by atoms with Gasteiger partial charge < -0.3 is 14.9 Å². The Bertz CT molecular complexity index is 1030. The first-order valence-electron chi connectivity index (χ1n) is 13.0. The molecule has 2 aliphatic rings. The summed E-state index contributed by atoms with van der Waals surface area (Å²) in [5.41, 5.74) is 6.18. The summed E-state index contributed by atoms with van der Waals surface area (Å²) in [6.07, 6.45) is 7.05. The first-order chi connectivity index (χ1) is 17.0. The highest BCUT2D eigenvalue weighted by molar-refractivity contribution is 5.90. The Morgan fingerprint density at radius 2 is 1.63 bits per heavy atom. The number of carboxylic acids is 1. The van der Waals surface area contributed by atoms with Crippen LogP contribution in [0.15, 0.2) is 72.8 Å². The number of rotatable bonds is 13.